The third-order valence-electron chi connectivity index (χ3n) is 5.59. The fourth-order valence-corrected chi connectivity index (χ4v) is 5.04. The molecule has 0 saturated heterocycles. The third-order valence-corrected chi connectivity index (χ3v) is 6.58. The molecule has 8 heteroatoms. The predicted octanol–water partition coefficient (Wildman–Crippen LogP) is 3.98. The van der Waals surface area contributed by atoms with E-state index in [0.29, 0.717) is 31.9 Å². The van der Waals surface area contributed by atoms with E-state index in [1.807, 2.05) is 43.3 Å². The molecule has 0 N–H and O–H groups in total. The zero-order valence-electron chi connectivity index (χ0n) is 19.0. The molecule has 5 rings (SSSR count). The Kier molecular flexibility index (Phi) is 6.05. The van der Waals surface area contributed by atoms with Crippen LogP contribution in [0.3, 0.4) is 0 Å². The van der Waals surface area contributed by atoms with Crippen LogP contribution >= 0.6 is 11.3 Å². The Morgan fingerprint density at radius 2 is 1.89 bits per heavy atom. The third kappa shape index (κ3) is 4.28. The normalized spacial score (nSPS) is 15.6. The molecule has 0 radical (unpaired) electrons. The van der Waals surface area contributed by atoms with Crippen molar-refractivity contribution in [3.05, 3.63) is 120 Å². The van der Waals surface area contributed by atoms with Crippen molar-refractivity contribution in [1.29, 1.82) is 0 Å². The van der Waals surface area contributed by atoms with Gasteiger partial charge >= 0.3 is 5.97 Å². The van der Waals surface area contributed by atoms with Crippen molar-refractivity contribution in [3.8, 4) is 0 Å². The molecule has 0 amide bonds. The van der Waals surface area contributed by atoms with Gasteiger partial charge in [-0.2, -0.15) is 0 Å². The molecule has 6 nitrogen and oxygen atoms in total. The van der Waals surface area contributed by atoms with Crippen molar-refractivity contribution in [1.82, 2.24) is 4.57 Å². The lowest BCUT2D eigenvalue weighted by Crippen LogP contribution is -2.40. The van der Waals surface area contributed by atoms with Gasteiger partial charge in [-0.15, -0.1) is 0 Å². The summed E-state index contributed by atoms with van der Waals surface area (Å²) >= 11 is 1.20. The van der Waals surface area contributed by atoms with Crippen LogP contribution in [-0.4, -0.2) is 17.1 Å². The molecule has 35 heavy (non-hydrogen) atoms. The van der Waals surface area contributed by atoms with Gasteiger partial charge in [0.2, 0.25) is 0 Å². The molecule has 1 aliphatic rings. The molecule has 2 aromatic heterocycles. The summed E-state index contributed by atoms with van der Waals surface area (Å²) in [5.41, 5.74) is 1.59. The number of nitrogens with zero attached hydrogens (tertiary/aromatic N) is 2. The van der Waals surface area contributed by atoms with E-state index in [1.165, 1.54) is 28.0 Å². The van der Waals surface area contributed by atoms with Gasteiger partial charge in [-0.3, -0.25) is 9.36 Å². The van der Waals surface area contributed by atoms with Crippen LogP contribution in [0.1, 0.15) is 35.6 Å². The van der Waals surface area contributed by atoms with Crippen LogP contribution in [0, 0.1) is 12.7 Å². The van der Waals surface area contributed by atoms with E-state index in [-0.39, 0.29) is 17.7 Å². The summed E-state index contributed by atoms with van der Waals surface area (Å²) in [5.74, 6) is 0.267. The molecule has 0 aliphatic carbocycles. The monoisotopic (exact) mass is 488 g/mol. The molecule has 0 unspecified atom stereocenters. The first-order valence-electron chi connectivity index (χ1n) is 11.1. The minimum Gasteiger partial charge on any atom is -0.463 e. The number of carbonyl (C=O) groups is 1. The lowest BCUT2D eigenvalue weighted by molar-refractivity contribution is -0.138. The average molecular weight is 489 g/mol. The Labute approximate surface area is 203 Å². The Morgan fingerprint density at radius 3 is 2.54 bits per heavy atom. The van der Waals surface area contributed by atoms with Gasteiger partial charge in [-0.05, 0) is 43.7 Å². The number of halogens is 1. The number of rotatable bonds is 5. The lowest BCUT2D eigenvalue weighted by atomic mass is 9.93. The number of esters is 1. The molecule has 2 aromatic carbocycles. The largest absolute Gasteiger partial charge is 0.463 e. The molecule has 0 bridgehead atoms. The van der Waals surface area contributed by atoms with Gasteiger partial charge < -0.3 is 9.15 Å². The fraction of sp³-hybridized carbons (Fsp3) is 0.148. The van der Waals surface area contributed by atoms with E-state index in [9.17, 15) is 14.0 Å². The molecular formula is C27H21FN2O4S. The summed E-state index contributed by atoms with van der Waals surface area (Å²) in [6, 6.07) is 17.8. The highest BCUT2D eigenvalue weighted by molar-refractivity contribution is 7.07. The molecule has 1 aliphatic heterocycles. The maximum absolute atomic E-state index is 13.8. The highest BCUT2D eigenvalue weighted by Gasteiger charge is 2.35. The lowest BCUT2D eigenvalue weighted by Gasteiger charge is -2.25. The summed E-state index contributed by atoms with van der Waals surface area (Å²) in [5, 5.41) is 0. The van der Waals surface area contributed by atoms with Crippen molar-refractivity contribution in [2.75, 3.05) is 6.61 Å². The number of carbonyl (C=O) groups excluding carboxylic acids is 1. The van der Waals surface area contributed by atoms with Crippen LogP contribution in [0.25, 0.3) is 11.8 Å². The van der Waals surface area contributed by atoms with Crippen LogP contribution in [0.4, 0.5) is 4.39 Å². The first-order chi connectivity index (χ1) is 17.0. The number of thiazole rings is 1. The van der Waals surface area contributed by atoms with Gasteiger partial charge in [-0.1, -0.05) is 53.8 Å². The van der Waals surface area contributed by atoms with Crippen LogP contribution in [-0.2, 0) is 9.53 Å². The van der Waals surface area contributed by atoms with E-state index in [1.54, 1.807) is 31.2 Å². The molecule has 0 saturated carbocycles. The average Bonchev–Trinajstić information content (AvgIpc) is 3.41. The number of furan rings is 1. The zero-order valence-corrected chi connectivity index (χ0v) is 19.8. The number of aromatic nitrogens is 1. The van der Waals surface area contributed by atoms with Gasteiger partial charge in [0.05, 0.1) is 28.5 Å². The number of ether oxygens (including phenoxy) is 1. The van der Waals surface area contributed by atoms with Crippen LogP contribution in [0.2, 0.25) is 0 Å². The Morgan fingerprint density at radius 1 is 1.14 bits per heavy atom. The standard InChI is InChI=1S/C27H21FN2O4S/c1-3-33-26(32)22-23(17-7-5-4-6-8-17)29-27-30(24(22)18-10-12-19(28)13-11-18)25(31)21(35-27)15-20-14-9-16(2)34-20/h4-15,24H,3H2,1-2H3/b21-15-/t24-/m1/s1. The topological polar surface area (TPSA) is 73.8 Å². The van der Waals surface area contributed by atoms with Crippen LogP contribution in [0.15, 0.2) is 86.5 Å². The summed E-state index contributed by atoms with van der Waals surface area (Å²) in [4.78, 5) is 32.1. The maximum atomic E-state index is 13.8. The second kappa shape index (κ2) is 9.31. The SMILES string of the molecule is CCOC(=O)C1=C(c2ccccc2)N=c2s/c(=C\c3ccc(C)o3)c(=O)n2[C@@H]1c1ccc(F)cc1. The second-order valence-corrected chi connectivity index (χ2v) is 8.94. The minimum atomic E-state index is -0.846. The van der Waals surface area contributed by atoms with Gasteiger partial charge in [0.1, 0.15) is 17.3 Å². The number of aryl methyl sites for hydroxylation is 1. The molecule has 176 valence electrons. The summed E-state index contributed by atoms with van der Waals surface area (Å²) in [6.45, 7) is 3.70. The highest BCUT2D eigenvalue weighted by atomic mass is 32.1. The van der Waals surface area contributed by atoms with E-state index in [0.717, 1.165) is 5.76 Å². The van der Waals surface area contributed by atoms with E-state index >= 15 is 0 Å². The number of benzene rings is 2. The van der Waals surface area contributed by atoms with E-state index in [4.69, 9.17) is 14.1 Å². The quantitative estimate of drug-likeness (QED) is 0.399. The Balaban J connectivity index is 1.83. The molecular weight excluding hydrogens is 467 g/mol. The zero-order chi connectivity index (χ0) is 24.5. The van der Waals surface area contributed by atoms with Gasteiger partial charge in [0.15, 0.2) is 4.80 Å². The Hall–Kier alpha value is -4.04. The van der Waals surface area contributed by atoms with Crippen molar-refractivity contribution in [3.63, 3.8) is 0 Å². The highest BCUT2D eigenvalue weighted by Crippen LogP contribution is 2.35. The van der Waals surface area contributed by atoms with Gasteiger partial charge in [0, 0.05) is 11.6 Å². The van der Waals surface area contributed by atoms with Crippen LogP contribution < -0.4 is 14.9 Å². The summed E-state index contributed by atoms with van der Waals surface area (Å²) < 4.78 is 26.7. The number of hydrogen-bond acceptors (Lipinski definition) is 6. The smallest absolute Gasteiger partial charge is 0.338 e. The second-order valence-electron chi connectivity index (χ2n) is 7.93. The number of fused-ring (bicyclic) bond motifs is 1. The molecule has 0 fully saturated rings. The molecule has 1 atom stereocenters. The Bertz CT molecular complexity index is 1610. The summed E-state index contributed by atoms with van der Waals surface area (Å²) in [6.07, 6.45) is 1.66. The van der Waals surface area contributed by atoms with Crippen molar-refractivity contribution in [2.24, 2.45) is 4.99 Å². The van der Waals surface area contributed by atoms with E-state index in [2.05, 4.69) is 0 Å². The molecule has 4 aromatic rings. The van der Waals surface area contributed by atoms with Crippen molar-refractivity contribution >= 4 is 29.1 Å². The van der Waals surface area contributed by atoms with E-state index < -0.39 is 17.8 Å². The van der Waals surface area contributed by atoms with Crippen molar-refractivity contribution in [2.45, 2.75) is 19.9 Å². The first kappa shape index (κ1) is 22.7. The van der Waals surface area contributed by atoms with Crippen molar-refractivity contribution < 1.29 is 18.3 Å². The predicted molar refractivity (Wildman–Crippen MR) is 131 cm³/mol. The van der Waals surface area contributed by atoms with Gasteiger partial charge in [-0.25, -0.2) is 14.2 Å². The molecule has 0 spiro atoms. The number of hydrogen-bond donors (Lipinski definition) is 0. The maximum Gasteiger partial charge on any atom is 0.338 e. The fourth-order valence-electron chi connectivity index (χ4n) is 4.06. The minimum absolute atomic E-state index is 0.156. The first-order valence-corrected chi connectivity index (χ1v) is 11.9. The van der Waals surface area contributed by atoms with Crippen LogP contribution in [0.5, 0.6) is 0 Å². The summed E-state index contributed by atoms with van der Waals surface area (Å²) in [7, 11) is 0. The molecule has 3 heterocycles. The van der Waals surface area contributed by atoms with Gasteiger partial charge in [0.25, 0.3) is 5.56 Å².